The SMILES string of the molecule is Cc1c(Cc2ccc(-n3cccn3)cc2)cc2c(c1Cl)OCC[C@H](C)N(C)C2=O. The molecule has 2 heterocycles. The van der Waals surface area contributed by atoms with Crippen LogP contribution in [-0.4, -0.2) is 40.3 Å². The Kier molecular flexibility index (Phi) is 5.33. The highest BCUT2D eigenvalue weighted by Gasteiger charge is 2.27. The number of hydrogen-bond donors (Lipinski definition) is 0. The second-order valence-electron chi connectivity index (χ2n) is 7.55. The van der Waals surface area contributed by atoms with Gasteiger partial charge in [0.1, 0.15) is 0 Å². The Labute approximate surface area is 175 Å². The molecule has 0 spiro atoms. The number of benzene rings is 2. The van der Waals surface area contributed by atoms with E-state index in [1.165, 1.54) is 0 Å². The summed E-state index contributed by atoms with van der Waals surface area (Å²) in [6.45, 7) is 4.55. The third-order valence-corrected chi connectivity index (χ3v) is 6.12. The molecule has 5 nitrogen and oxygen atoms in total. The molecular weight excluding hydrogens is 386 g/mol. The Morgan fingerprint density at radius 3 is 2.72 bits per heavy atom. The van der Waals surface area contributed by atoms with Gasteiger partial charge in [-0.1, -0.05) is 23.7 Å². The molecule has 0 saturated carbocycles. The predicted octanol–water partition coefficient (Wildman–Crippen LogP) is 4.67. The average Bonchev–Trinajstić information content (AvgIpc) is 3.26. The van der Waals surface area contributed by atoms with Crippen molar-refractivity contribution in [1.82, 2.24) is 14.7 Å². The Balaban J connectivity index is 1.68. The minimum absolute atomic E-state index is 0.0515. The van der Waals surface area contributed by atoms with Gasteiger partial charge in [0.2, 0.25) is 0 Å². The lowest BCUT2D eigenvalue weighted by Crippen LogP contribution is -2.38. The molecule has 150 valence electrons. The van der Waals surface area contributed by atoms with Crippen LogP contribution in [0.25, 0.3) is 5.69 Å². The number of ether oxygens (including phenoxy) is 1. The normalized spacial score (nSPS) is 16.8. The summed E-state index contributed by atoms with van der Waals surface area (Å²) in [7, 11) is 1.84. The summed E-state index contributed by atoms with van der Waals surface area (Å²) in [5.74, 6) is 0.454. The number of amides is 1. The monoisotopic (exact) mass is 409 g/mol. The van der Waals surface area contributed by atoms with E-state index in [-0.39, 0.29) is 11.9 Å². The number of hydrogen-bond acceptors (Lipinski definition) is 3. The zero-order valence-corrected chi connectivity index (χ0v) is 17.6. The Bertz CT molecular complexity index is 1030. The molecule has 2 aromatic carbocycles. The molecule has 6 heteroatoms. The summed E-state index contributed by atoms with van der Waals surface area (Å²) in [5.41, 5.74) is 4.66. The number of aromatic nitrogens is 2. The van der Waals surface area contributed by atoms with Crippen molar-refractivity contribution in [3.05, 3.63) is 76.1 Å². The van der Waals surface area contributed by atoms with Crippen LogP contribution >= 0.6 is 11.6 Å². The maximum atomic E-state index is 13.0. The Hall–Kier alpha value is -2.79. The number of fused-ring (bicyclic) bond motifs is 1. The van der Waals surface area contributed by atoms with Crippen LogP contribution in [-0.2, 0) is 6.42 Å². The summed E-state index contributed by atoms with van der Waals surface area (Å²) in [4.78, 5) is 14.8. The molecule has 0 N–H and O–H groups in total. The molecule has 29 heavy (non-hydrogen) atoms. The van der Waals surface area contributed by atoms with Crippen LogP contribution in [0.1, 0.15) is 40.4 Å². The van der Waals surface area contributed by atoms with Gasteiger partial charge in [-0.05, 0) is 61.2 Å². The number of halogens is 1. The van der Waals surface area contributed by atoms with Gasteiger partial charge < -0.3 is 9.64 Å². The van der Waals surface area contributed by atoms with Gasteiger partial charge in [-0.25, -0.2) is 4.68 Å². The van der Waals surface area contributed by atoms with Crippen molar-refractivity contribution in [1.29, 1.82) is 0 Å². The molecule has 1 atom stereocenters. The van der Waals surface area contributed by atoms with Crippen molar-refractivity contribution in [2.24, 2.45) is 0 Å². The first-order valence-electron chi connectivity index (χ1n) is 9.76. The van der Waals surface area contributed by atoms with Crippen LogP contribution in [0.4, 0.5) is 0 Å². The van der Waals surface area contributed by atoms with Crippen LogP contribution in [0, 0.1) is 6.92 Å². The highest BCUT2D eigenvalue weighted by atomic mass is 35.5. The molecule has 3 aromatic rings. The molecule has 0 radical (unpaired) electrons. The molecule has 4 rings (SSSR count). The third kappa shape index (κ3) is 3.75. The fraction of sp³-hybridized carbons (Fsp3) is 0.304. The van der Waals surface area contributed by atoms with Gasteiger partial charge in [-0.3, -0.25) is 4.79 Å². The van der Waals surface area contributed by atoms with E-state index in [0.29, 0.717) is 29.4 Å². The van der Waals surface area contributed by atoms with Crippen LogP contribution in [0.2, 0.25) is 5.02 Å². The van der Waals surface area contributed by atoms with Crippen LogP contribution in [0.15, 0.2) is 48.8 Å². The zero-order valence-electron chi connectivity index (χ0n) is 16.9. The molecule has 1 aliphatic rings. The number of rotatable bonds is 3. The van der Waals surface area contributed by atoms with Gasteiger partial charge in [0.25, 0.3) is 5.91 Å². The minimum Gasteiger partial charge on any atom is -0.491 e. The first-order chi connectivity index (χ1) is 14.0. The fourth-order valence-electron chi connectivity index (χ4n) is 3.58. The lowest BCUT2D eigenvalue weighted by molar-refractivity contribution is 0.0700. The van der Waals surface area contributed by atoms with Crippen LogP contribution in [0.5, 0.6) is 5.75 Å². The van der Waals surface area contributed by atoms with E-state index in [1.807, 2.05) is 56.0 Å². The van der Waals surface area contributed by atoms with Crippen molar-refractivity contribution < 1.29 is 9.53 Å². The van der Waals surface area contributed by atoms with E-state index in [1.54, 1.807) is 11.1 Å². The standard InChI is InChI=1S/C23H24ClN3O2/c1-15-9-12-29-22-20(23(28)26(15)3)14-18(16(2)21(22)24)13-17-5-7-19(8-6-17)27-11-4-10-25-27/h4-8,10-11,14-15H,9,12-13H2,1-3H3/t15-/m0/s1. The van der Waals surface area contributed by atoms with E-state index < -0.39 is 0 Å². The topological polar surface area (TPSA) is 47.4 Å². The van der Waals surface area contributed by atoms with Crippen molar-refractivity contribution in [2.75, 3.05) is 13.7 Å². The van der Waals surface area contributed by atoms with Gasteiger partial charge in [-0.15, -0.1) is 0 Å². The fourth-order valence-corrected chi connectivity index (χ4v) is 3.86. The van der Waals surface area contributed by atoms with E-state index in [0.717, 1.165) is 28.8 Å². The number of carbonyl (C=O) groups is 1. The molecule has 1 amide bonds. The predicted molar refractivity (Wildman–Crippen MR) is 114 cm³/mol. The summed E-state index contributed by atoms with van der Waals surface area (Å²) < 4.78 is 7.73. The summed E-state index contributed by atoms with van der Waals surface area (Å²) in [5, 5.41) is 4.78. The van der Waals surface area contributed by atoms with E-state index in [4.69, 9.17) is 16.3 Å². The molecule has 0 saturated heterocycles. The van der Waals surface area contributed by atoms with E-state index >= 15 is 0 Å². The minimum atomic E-state index is -0.0515. The van der Waals surface area contributed by atoms with Crippen molar-refractivity contribution in [3.63, 3.8) is 0 Å². The summed E-state index contributed by atoms with van der Waals surface area (Å²) >= 11 is 6.64. The number of carbonyl (C=O) groups excluding carboxylic acids is 1. The molecule has 1 aromatic heterocycles. The van der Waals surface area contributed by atoms with Crippen molar-refractivity contribution in [2.45, 2.75) is 32.7 Å². The second kappa shape index (κ2) is 7.91. The highest BCUT2D eigenvalue weighted by Crippen LogP contribution is 2.37. The van der Waals surface area contributed by atoms with Gasteiger partial charge in [0.05, 0.1) is 22.9 Å². The molecule has 1 aliphatic heterocycles. The van der Waals surface area contributed by atoms with Gasteiger partial charge >= 0.3 is 0 Å². The highest BCUT2D eigenvalue weighted by molar-refractivity contribution is 6.33. The van der Waals surface area contributed by atoms with Gasteiger partial charge in [0.15, 0.2) is 5.75 Å². The third-order valence-electron chi connectivity index (χ3n) is 5.67. The van der Waals surface area contributed by atoms with Crippen LogP contribution < -0.4 is 4.74 Å². The lowest BCUT2D eigenvalue weighted by Gasteiger charge is -2.29. The molecule has 0 bridgehead atoms. The molecule has 0 fully saturated rings. The van der Waals surface area contributed by atoms with E-state index in [9.17, 15) is 4.79 Å². The largest absolute Gasteiger partial charge is 0.491 e. The Morgan fingerprint density at radius 2 is 2.03 bits per heavy atom. The molecule has 0 unspecified atom stereocenters. The molecule has 0 aliphatic carbocycles. The maximum absolute atomic E-state index is 13.0. The summed E-state index contributed by atoms with van der Waals surface area (Å²) in [6, 6.07) is 12.2. The van der Waals surface area contributed by atoms with Crippen LogP contribution in [0.3, 0.4) is 0 Å². The van der Waals surface area contributed by atoms with Gasteiger partial charge in [-0.2, -0.15) is 5.10 Å². The second-order valence-corrected chi connectivity index (χ2v) is 7.93. The zero-order chi connectivity index (χ0) is 20.5. The van der Waals surface area contributed by atoms with Crippen molar-refractivity contribution >= 4 is 17.5 Å². The maximum Gasteiger partial charge on any atom is 0.257 e. The average molecular weight is 410 g/mol. The molecular formula is C23H24ClN3O2. The van der Waals surface area contributed by atoms with E-state index in [2.05, 4.69) is 17.2 Å². The quantitative estimate of drug-likeness (QED) is 0.631. The number of nitrogens with zero attached hydrogens (tertiary/aromatic N) is 3. The van der Waals surface area contributed by atoms with Gasteiger partial charge in [0, 0.05) is 31.9 Å². The lowest BCUT2D eigenvalue weighted by atomic mass is 9.96. The first-order valence-corrected chi connectivity index (χ1v) is 10.1. The summed E-state index contributed by atoms with van der Waals surface area (Å²) in [6.07, 6.45) is 5.14. The first kappa shape index (κ1) is 19.5. The Morgan fingerprint density at radius 1 is 1.28 bits per heavy atom. The smallest absolute Gasteiger partial charge is 0.257 e. The van der Waals surface area contributed by atoms with Crippen molar-refractivity contribution in [3.8, 4) is 11.4 Å².